The van der Waals surface area contributed by atoms with Crippen LogP contribution in [0.3, 0.4) is 0 Å². The number of carbonyl (C=O) groups excluding carboxylic acids is 1. The van der Waals surface area contributed by atoms with Crippen LogP contribution in [0, 0.1) is 6.92 Å². The van der Waals surface area contributed by atoms with E-state index in [9.17, 15) is 4.79 Å². The molecule has 0 bridgehead atoms. The van der Waals surface area contributed by atoms with Crippen molar-refractivity contribution in [2.75, 3.05) is 37.9 Å². The zero-order valence-electron chi connectivity index (χ0n) is 12.3. The van der Waals surface area contributed by atoms with E-state index >= 15 is 0 Å². The second-order valence-corrected chi connectivity index (χ2v) is 4.68. The minimum Gasteiger partial charge on any atom is -0.465 e. The van der Waals surface area contributed by atoms with Gasteiger partial charge in [0, 0.05) is 17.9 Å². The van der Waals surface area contributed by atoms with E-state index in [1.54, 1.807) is 6.07 Å². The average Bonchev–Trinajstić information content (AvgIpc) is 2.40. The van der Waals surface area contributed by atoms with Gasteiger partial charge in [0.25, 0.3) is 0 Å². The molecule has 0 saturated heterocycles. The first-order chi connectivity index (χ1) is 9.45. The van der Waals surface area contributed by atoms with Crippen molar-refractivity contribution in [1.82, 2.24) is 0 Å². The zero-order chi connectivity index (χ0) is 15.1. The largest absolute Gasteiger partial charge is 0.465 e. The van der Waals surface area contributed by atoms with Gasteiger partial charge in [0.2, 0.25) is 0 Å². The van der Waals surface area contributed by atoms with Gasteiger partial charge in [0.1, 0.15) is 0 Å². The maximum Gasteiger partial charge on any atom is 0.340 e. The second kappa shape index (κ2) is 7.55. The van der Waals surface area contributed by atoms with Crippen LogP contribution in [-0.4, -0.2) is 32.8 Å². The summed E-state index contributed by atoms with van der Waals surface area (Å²) in [5, 5.41) is 3.19. The number of esters is 1. The maximum absolute atomic E-state index is 11.6. The number of methoxy groups -OCH3 is 1. The molecule has 1 aromatic carbocycles. The van der Waals surface area contributed by atoms with Crippen molar-refractivity contribution in [2.24, 2.45) is 0 Å². The summed E-state index contributed by atoms with van der Waals surface area (Å²) in [7, 11) is 1.34. The zero-order valence-corrected chi connectivity index (χ0v) is 12.3. The lowest BCUT2D eigenvalue weighted by Crippen LogP contribution is -2.12. The fourth-order valence-corrected chi connectivity index (χ4v) is 1.69. The third-order valence-electron chi connectivity index (χ3n) is 2.72. The first-order valence-corrected chi connectivity index (χ1v) is 6.40. The van der Waals surface area contributed by atoms with Crippen molar-refractivity contribution in [1.29, 1.82) is 0 Å². The highest BCUT2D eigenvalue weighted by atomic mass is 16.5. The molecule has 0 fully saturated rings. The van der Waals surface area contributed by atoms with Gasteiger partial charge in [-0.25, -0.2) is 4.79 Å². The highest BCUT2D eigenvalue weighted by Gasteiger charge is 2.13. The lowest BCUT2D eigenvalue weighted by molar-refractivity contribution is 0.0602. The second-order valence-electron chi connectivity index (χ2n) is 4.68. The van der Waals surface area contributed by atoms with Crippen LogP contribution in [0.4, 0.5) is 11.4 Å². The third kappa shape index (κ3) is 4.59. The van der Waals surface area contributed by atoms with Crippen LogP contribution in [0.15, 0.2) is 24.3 Å². The summed E-state index contributed by atoms with van der Waals surface area (Å²) < 4.78 is 10.1. The summed E-state index contributed by atoms with van der Waals surface area (Å²) in [5.41, 5.74) is 9.33. The lowest BCUT2D eigenvalue weighted by atomic mass is 10.1. The molecule has 0 aromatic heterocycles. The van der Waals surface area contributed by atoms with Crippen molar-refractivity contribution in [2.45, 2.75) is 13.8 Å². The van der Waals surface area contributed by atoms with Crippen LogP contribution >= 0.6 is 0 Å². The van der Waals surface area contributed by atoms with E-state index in [1.165, 1.54) is 7.11 Å². The molecular formula is C15H22N2O3. The molecule has 0 saturated carbocycles. The minimum absolute atomic E-state index is 0.373. The standard InChI is InChI=1S/C15H22N2O3/c1-10(2)9-20-6-5-17-12-7-11(3)14(16)13(8-12)15(18)19-4/h7-8,17H,1,5-6,9,16H2,2-4H3. The molecule has 0 unspecified atom stereocenters. The van der Waals surface area contributed by atoms with E-state index in [2.05, 4.69) is 11.9 Å². The smallest absolute Gasteiger partial charge is 0.340 e. The quantitative estimate of drug-likeness (QED) is 0.347. The van der Waals surface area contributed by atoms with Gasteiger partial charge in [-0.05, 0) is 31.5 Å². The fourth-order valence-electron chi connectivity index (χ4n) is 1.69. The molecule has 5 nitrogen and oxygen atoms in total. The van der Waals surface area contributed by atoms with E-state index in [1.807, 2.05) is 19.9 Å². The van der Waals surface area contributed by atoms with Crippen molar-refractivity contribution in [3.05, 3.63) is 35.4 Å². The van der Waals surface area contributed by atoms with E-state index in [0.29, 0.717) is 31.0 Å². The van der Waals surface area contributed by atoms with Gasteiger partial charge in [-0.3, -0.25) is 0 Å². The minimum atomic E-state index is -0.437. The van der Waals surface area contributed by atoms with E-state index in [0.717, 1.165) is 16.8 Å². The number of anilines is 2. The number of aryl methyl sites for hydroxylation is 1. The number of rotatable bonds is 7. The highest BCUT2D eigenvalue weighted by molar-refractivity contribution is 5.97. The van der Waals surface area contributed by atoms with Gasteiger partial charge in [0.15, 0.2) is 0 Å². The number of nitrogens with two attached hydrogens (primary N) is 1. The topological polar surface area (TPSA) is 73.6 Å². The Bertz CT molecular complexity index is 498. The van der Waals surface area contributed by atoms with Crippen molar-refractivity contribution in [3.63, 3.8) is 0 Å². The van der Waals surface area contributed by atoms with Crippen molar-refractivity contribution >= 4 is 17.3 Å². The molecule has 20 heavy (non-hydrogen) atoms. The van der Waals surface area contributed by atoms with Crippen LogP contribution < -0.4 is 11.1 Å². The molecule has 0 aliphatic rings. The molecule has 0 radical (unpaired) electrons. The molecule has 0 amide bonds. The van der Waals surface area contributed by atoms with Crippen molar-refractivity contribution < 1.29 is 14.3 Å². The van der Waals surface area contributed by atoms with Crippen LogP contribution in [0.1, 0.15) is 22.8 Å². The van der Waals surface area contributed by atoms with Gasteiger partial charge in [-0.15, -0.1) is 0 Å². The van der Waals surface area contributed by atoms with E-state index in [-0.39, 0.29) is 0 Å². The molecule has 0 spiro atoms. The SMILES string of the molecule is C=C(C)COCCNc1cc(C)c(N)c(C(=O)OC)c1. The molecule has 3 N–H and O–H groups in total. The fraction of sp³-hybridized carbons (Fsp3) is 0.400. The normalized spacial score (nSPS) is 10.2. The number of nitrogens with one attached hydrogen (secondary N) is 1. The Hall–Kier alpha value is -2.01. The number of benzene rings is 1. The van der Waals surface area contributed by atoms with Crippen LogP contribution in [0.5, 0.6) is 0 Å². The highest BCUT2D eigenvalue weighted by Crippen LogP contribution is 2.23. The first-order valence-electron chi connectivity index (χ1n) is 6.40. The molecule has 0 atom stereocenters. The average molecular weight is 278 g/mol. The van der Waals surface area contributed by atoms with Crippen LogP contribution in [0.2, 0.25) is 0 Å². The Balaban J connectivity index is 2.65. The monoisotopic (exact) mass is 278 g/mol. The molecular weight excluding hydrogens is 256 g/mol. The number of carbonyl (C=O) groups is 1. The van der Waals surface area contributed by atoms with Gasteiger partial charge in [-0.2, -0.15) is 0 Å². The van der Waals surface area contributed by atoms with Gasteiger partial charge < -0.3 is 20.5 Å². The van der Waals surface area contributed by atoms with E-state index in [4.69, 9.17) is 15.2 Å². The van der Waals surface area contributed by atoms with E-state index < -0.39 is 5.97 Å². The van der Waals surface area contributed by atoms with Crippen molar-refractivity contribution in [3.8, 4) is 0 Å². The Kier molecular flexibility index (Phi) is 6.06. The summed E-state index contributed by atoms with van der Waals surface area (Å²) in [6, 6.07) is 3.58. The van der Waals surface area contributed by atoms with Gasteiger partial charge in [-0.1, -0.05) is 12.2 Å². The molecule has 0 heterocycles. The number of ether oxygens (including phenoxy) is 2. The number of hydrogen-bond donors (Lipinski definition) is 2. The van der Waals surface area contributed by atoms with Gasteiger partial charge in [0.05, 0.1) is 25.9 Å². The predicted octanol–water partition coefficient (Wildman–Crippen LogP) is 2.37. The molecule has 110 valence electrons. The maximum atomic E-state index is 11.6. The first kappa shape index (κ1) is 16.0. The lowest BCUT2D eigenvalue weighted by Gasteiger charge is -2.12. The molecule has 0 aliphatic heterocycles. The van der Waals surface area contributed by atoms with Crippen LogP contribution in [0.25, 0.3) is 0 Å². The van der Waals surface area contributed by atoms with Gasteiger partial charge >= 0.3 is 5.97 Å². The summed E-state index contributed by atoms with van der Waals surface area (Å²) in [5.74, 6) is -0.437. The number of hydrogen-bond acceptors (Lipinski definition) is 5. The Morgan fingerprint density at radius 2 is 2.15 bits per heavy atom. The molecule has 1 aromatic rings. The molecule has 0 aliphatic carbocycles. The summed E-state index contributed by atoms with van der Waals surface area (Å²) in [6.45, 7) is 9.28. The molecule has 1 rings (SSSR count). The summed E-state index contributed by atoms with van der Waals surface area (Å²) in [4.78, 5) is 11.6. The Morgan fingerprint density at radius 3 is 2.75 bits per heavy atom. The number of nitrogen functional groups attached to an aromatic ring is 1. The summed E-state index contributed by atoms with van der Waals surface area (Å²) in [6.07, 6.45) is 0. The molecule has 5 heteroatoms. The Morgan fingerprint density at radius 1 is 1.45 bits per heavy atom. The Labute approximate surface area is 119 Å². The third-order valence-corrected chi connectivity index (χ3v) is 2.72. The predicted molar refractivity (Wildman–Crippen MR) is 81.1 cm³/mol. The van der Waals surface area contributed by atoms with Crippen LogP contribution in [-0.2, 0) is 9.47 Å². The summed E-state index contributed by atoms with van der Waals surface area (Å²) >= 11 is 0.